The zero-order valence-electron chi connectivity index (χ0n) is 9.93. The van der Waals surface area contributed by atoms with Gasteiger partial charge in [-0.2, -0.15) is 0 Å². The lowest BCUT2D eigenvalue weighted by molar-refractivity contribution is -0.141. The number of pyridine rings is 1. The van der Waals surface area contributed by atoms with E-state index in [-0.39, 0.29) is 17.0 Å². The van der Waals surface area contributed by atoms with Crippen LogP contribution in [0.15, 0.2) is 12.4 Å². The van der Waals surface area contributed by atoms with E-state index in [1.807, 2.05) is 4.90 Å². The van der Waals surface area contributed by atoms with Crippen LogP contribution in [-0.4, -0.2) is 36.9 Å². The molecule has 0 aromatic carbocycles. The molecule has 0 radical (unpaired) electrons. The van der Waals surface area contributed by atoms with Crippen LogP contribution in [0.5, 0.6) is 0 Å². The molecule has 0 N–H and O–H groups in total. The quantitative estimate of drug-likeness (QED) is 0.617. The molecular weight excluding hydrogens is 256 g/mol. The Balaban J connectivity index is 2.39. The molecule has 1 aromatic rings. The number of ether oxygens (including phenoxy) is 1. The first-order valence-corrected chi connectivity index (χ1v) is 6.00. The molecular formula is C12H13ClN2O3. The number of anilines is 1. The van der Waals surface area contributed by atoms with E-state index in [1.165, 1.54) is 13.3 Å². The second-order valence-electron chi connectivity index (χ2n) is 4.05. The zero-order valence-corrected chi connectivity index (χ0v) is 10.7. The van der Waals surface area contributed by atoms with Gasteiger partial charge in [-0.15, -0.1) is 0 Å². The number of esters is 1. The first-order chi connectivity index (χ1) is 8.69. The molecule has 5 nitrogen and oxygen atoms in total. The molecule has 0 spiro atoms. The van der Waals surface area contributed by atoms with Crippen molar-refractivity contribution in [1.82, 2.24) is 4.98 Å². The first kappa shape index (κ1) is 12.8. The summed E-state index contributed by atoms with van der Waals surface area (Å²) in [6.45, 7) is 0.683. The van der Waals surface area contributed by atoms with Crippen LogP contribution < -0.4 is 4.90 Å². The largest absolute Gasteiger partial charge is 0.467 e. The molecule has 6 heteroatoms. The van der Waals surface area contributed by atoms with Crippen molar-refractivity contribution < 1.29 is 14.3 Å². The van der Waals surface area contributed by atoms with Crippen LogP contribution in [-0.2, 0) is 9.53 Å². The predicted octanol–water partition coefficient (Wildman–Crippen LogP) is 1.69. The van der Waals surface area contributed by atoms with Crippen molar-refractivity contribution in [2.24, 2.45) is 0 Å². The van der Waals surface area contributed by atoms with Gasteiger partial charge in [0.2, 0.25) is 0 Å². The predicted molar refractivity (Wildman–Crippen MR) is 67.0 cm³/mol. The fourth-order valence-corrected chi connectivity index (χ4v) is 2.41. The maximum absolute atomic E-state index is 11.7. The van der Waals surface area contributed by atoms with Gasteiger partial charge in [-0.1, -0.05) is 11.6 Å². The van der Waals surface area contributed by atoms with Crippen LogP contribution in [0.1, 0.15) is 23.2 Å². The van der Waals surface area contributed by atoms with Crippen molar-refractivity contribution in [2.45, 2.75) is 18.9 Å². The number of carbonyl (C=O) groups excluding carboxylic acids is 2. The van der Waals surface area contributed by atoms with Crippen LogP contribution in [0.3, 0.4) is 0 Å². The molecule has 2 heterocycles. The molecule has 1 aromatic heterocycles. The minimum atomic E-state index is -0.367. The maximum Gasteiger partial charge on any atom is 0.328 e. The molecule has 0 amide bonds. The Morgan fingerprint density at radius 2 is 2.39 bits per heavy atom. The van der Waals surface area contributed by atoms with Gasteiger partial charge in [0.1, 0.15) is 6.04 Å². The Hall–Kier alpha value is -1.62. The summed E-state index contributed by atoms with van der Waals surface area (Å²) < 4.78 is 4.77. The molecule has 0 aliphatic carbocycles. The Labute approximate surface area is 110 Å². The normalized spacial score (nSPS) is 18.8. The van der Waals surface area contributed by atoms with Gasteiger partial charge in [-0.25, -0.2) is 4.79 Å². The highest BCUT2D eigenvalue weighted by molar-refractivity contribution is 6.33. The highest BCUT2D eigenvalue weighted by atomic mass is 35.5. The van der Waals surface area contributed by atoms with Crippen LogP contribution in [0.2, 0.25) is 5.02 Å². The van der Waals surface area contributed by atoms with E-state index in [0.717, 1.165) is 6.42 Å². The van der Waals surface area contributed by atoms with E-state index in [1.54, 1.807) is 6.20 Å². The Morgan fingerprint density at radius 3 is 3.06 bits per heavy atom. The number of nitrogens with zero attached hydrogens (tertiary/aromatic N) is 2. The fourth-order valence-electron chi connectivity index (χ4n) is 2.22. The van der Waals surface area contributed by atoms with Gasteiger partial charge in [0.05, 0.1) is 29.6 Å². The number of rotatable bonds is 3. The van der Waals surface area contributed by atoms with Crippen molar-refractivity contribution in [3.63, 3.8) is 0 Å². The Bertz CT molecular complexity index is 478. The number of halogens is 1. The van der Waals surface area contributed by atoms with E-state index >= 15 is 0 Å². The highest BCUT2D eigenvalue weighted by Gasteiger charge is 2.33. The topological polar surface area (TPSA) is 59.5 Å². The van der Waals surface area contributed by atoms with Gasteiger partial charge in [-0.05, 0) is 12.8 Å². The SMILES string of the molecule is COC(=O)C1CCCN1c1cncc(Cl)c1C=O. The zero-order chi connectivity index (χ0) is 13.1. The molecule has 1 saturated heterocycles. The van der Waals surface area contributed by atoms with Crippen molar-refractivity contribution in [3.05, 3.63) is 23.0 Å². The highest BCUT2D eigenvalue weighted by Crippen LogP contribution is 2.31. The number of aromatic nitrogens is 1. The van der Waals surface area contributed by atoms with Gasteiger partial charge in [0, 0.05) is 12.7 Å². The summed E-state index contributed by atoms with van der Waals surface area (Å²) in [7, 11) is 1.36. The van der Waals surface area contributed by atoms with Crippen LogP contribution in [0, 0.1) is 0 Å². The number of aldehydes is 1. The maximum atomic E-state index is 11.7. The average molecular weight is 269 g/mol. The van der Waals surface area contributed by atoms with Crippen molar-refractivity contribution >= 4 is 29.5 Å². The standard InChI is InChI=1S/C12H13ClN2O3/c1-18-12(17)10-3-2-4-15(10)11-6-14-5-9(13)8(11)7-16/h5-7,10H,2-4H2,1H3. The van der Waals surface area contributed by atoms with Crippen LogP contribution in [0.4, 0.5) is 5.69 Å². The lowest BCUT2D eigenvalue weighted by Gasteiger charge is -2.25. The molecule has 0 saturated carbocycles. The molecule has 1 unspecified atom stereocenters. The summed E-state index contributed by atoms with van der Waals surface area (Å²) in [4.78, 5) is 28.6. The third-order valence-electron chi connectivity index (χ3n) is 3.07. The summed E-state index contributed by atoms with van der Waals surface area (Å²) in [5, 5.41) is 0.290. The molecule has 1 aliphatic heterocycles. The number of hydrogen-bond acceptors (Lipinski definition) is 5. The van der Waals surface area contributed by atoms with E-state index in [0.29, 0.717) is 30.5 Å². The van der Waals surface area contributed by atoms with Crippen molar-refractivity contribution in [1.29, 1.82) is 0 Å². The molecule has 96 valence electrons. The average Bonchev–Trinajstić information content (AvgIpc) is 2.86. The Kier molecular flexibility index (Phi) is 3.81. The molecule has 1 aliphatic rings. The fraction of sp³-hybridized carbons (Fsp3) is 0.417. The van der Waals surface area contributed by atoms with E-state index in [9.17, 15) is 9.59 Å². The van der Waals surface area contributed by atoms with Gasteiger partial charge < -0.3 is 9.64 Å². The van der Waals surface area contributed by atoms with Gasteiger partial charge in [0.15, 0.2) is 6.29 Å². The number of methoxy groups -OCH3 is 1. The molecule has 1 fully saturated rings. The summed E-state index contributed by atoms with van der Waals surface area (Å²) in [5.74, 6) is -0.302. The third kappa shape index (κ3) is 2.18. The van der Waals surface area contributed by atoms with E-state index < -0.39 is 0 Å². The van der Waals surface area contributed by atoms with Crippen molar-refractivity contribution in [2.75, 3.05) is 18.6 Å². The summed E-state index contributed by atoms with van der Waals surface area (Å²) >= 11 is 5.93. The van der Waals surface area contributed by atoms with E-state index in [4.69, 9.17) is 16.3 Å². The first-order valence-electron chi connectivity index (χ1n) is 5.62. The summed E-state index contributed by atoms with van der Waals surface area (Å²) in [5.41, 5.74) is 0.952. The van der Waals surface area contributed by atoms with Gasteiger partial charge in [0.25, 0.3) is 0 Å². The third-order valence-corrected chi connectivity index (χ3v) is 3.37. The van der Waals surface area contributed by atoms with Gasteiger partial charge in [-0.3, -0.25) is 9.78 Å². The minimum Gasteiger partial charge on any atom is -0.467 e. The minimum absolute atomic E-state index is 0.290. The number of carbonyl (C=O) groups is 2. The van der Waals surface area contributed by atoms with E-state index in [2.05, 4.69) is 4.98 Å². The molecule has 0 bridgehead atoms. The molecule has 1 atom stereocenters. The summed E-state index contributed by atoms with van der Waals surface area (Å²) in [6.07, 6.45) is 5.23. The second kappa shape index (κ2) is 5.35. The van der Waals surface area contributed by atoms with Crippen LogP contribution >= 0.6 is 11.6 Å². The van der Waals surface area contributed by atoms with Gasteiger partial charge >= 0.3 is 5.97 Å². The molecule has 18 heavy (non-hydrogen) atoms. The van der Waals surface area contributed by atoms with Crippen molar-refractivity contribution in [3.8, 4) is 0 Å². The molecule has 2 rings (SSSR count). The Morgan fingerprint density at radius 1 is 1.61 bits per heavy atom. The summed E-state index contributed by atoms with van der Waals surface area (Å²) in [6, 6.07) is -0.367. The smallest absolute Gasteiger partial charge is 0.328 e. The lowest BCUT2D eigenvalue weighted by Crippen LogP contribution is -2.37. The number of hydrogen-bond donors (Lipinski definition) is 0. The van der Waals surface area contributed by atoms with Crippen LogP contribution in [0.25, 0.3) is 0 Å². The lowest BCUT2D eigenvalue weighted by atomic mass is 10.2. The second-order valence-corrected chi connectivity index (χ2v) is 4.45. The monoisotopic (exact) mass is 268 g/mol.